The number of alkyl carbamates (subject to hydrolysis) is 1. The molecule has 2 aromatic carbocycles. The molecule has 0 fully saturated rings. The van der Waals surface area contributed by atoms with Gasteiger partial charge in [0, 0.05) is 5.75 Å². The normalized spacial score (nSPS) is 11.5. The average Bonchev–Trinajstić information content (AvgIpc) is 2.64. The lowest BCUT2D eigenvalue weighted by atomic mass is 10.2. The van der Waals surface area contributed by atoms with Crippen LogP contribution in [0, 0.1) is 0 Å². The van der Waals surface area contributed by atoms with Crippen molar-refractivity contribution in [3.63, 3.8) is 0 Å². The molecule has 0 aliphatic carbocycles. The van der Waals surface area contributed by atoms with Crippen molar-refractivity contribution >= 4 is 23.8 Å². The van der Waals surface area contributed by atoms with Gasteiger partial charge in [0.2, 0.25) is 0 Å². The molecular formula is C19H21NO4S. The highest BCUT2D eigenvalue weighted by Gasteiger charge is 2.20. The molecule has 2 rings (SSSR count). The van der Waals surface area contributed by atoms with Crippen LogP contribution in [0.5, 0.6) is 0 Å². The Kier molecular flexibility index (Phi) is 7.85. The topological polar surface area (TPSA) is 75.6 Å². The van der Waals surface area contributed by atoms with E-state index in [2.05, 4.69) is 5.32 Å². The van der Waals surface area contributed by atoms with Crippen LogP contribution >= 0.6 is 11.8 Å². The summed E-state index contributed by atoms with van der Waals surface area (Å²) >= 11 is 1.49. The van der Waals surface area contributed by atoms with E-state index in [0.717, 1.165) is 17.7 Å². The number of benzene rings is 2. The van der Waals surface area contributed by atoms with Crippen LogP contribution in [0.3, 0.4) is 0 Å². The van der Waals surface area contributed by atoms with Crippen LogP contribution in [0.25, 0.3) is 0 Å². The summed E-state index contributed by atoms with van der Waals surface area (Å²) in [6, 6.07) is 18.3. The predicted octanol–water partition coefficient (Wildman–Crippen LogP) is 3.34. The summed E-state index contributed by atoms with van der Waals surface area (Å²) in [5.41, 5.74) is 2.05. The van der Waals surface area contributed by atoms with Gasteiger partial charge in [0.05, 0.1) is 0 Å². The first-order chi connectivity index (χ1) is 12.1. The molecule has 0 saturated carbocycles. The third kappa shape index (κ3) is 7.30. The van der Waals surface area contributed by atoms with E-state index in [1.807, 2.05) is 60.7 Å². The van der Waals surface area contributed by atoms with Gasteiger partial charge in [-0.3, -0.25) is 0 Å². The van der Waals surface area contributed by atoms with Gasteiger partial charge < -0.3 is 15.2 Å². The molecule has 0 aliphatic heterocycles. The molecule has 1 unspecified atom stereocenters. The minimum absolute atomic E-state index is 0.111. The second-order valence-corrected chi connectivity index (χ2v) is 6.56. The number of thioether (sulfide) groups is 1. The Labute approximate surface area is 151 Å². The summed E-state index contributed by atoms with van der Waals surface area (Å²) in [5, 5.41) is 11.6. The largest absolute Gasteiger partial charge is 0.480 e. The molecular weight excluding hydrogens is 338 g/mol. The number of hydrogen-bond donors (Lipinski definition) is 2. The lowest BCUT2D eigenvalue weighted by Crippen LogP contribution is -2.42. The zero-order valence-electron chi connectivity index (χ0n) is 13.8. The SMILES string of the molecule is O=C(NC(CSCCc1ccccc1)C(=O)O)OCc1ccccc1. The molecule has 132 valence electrons. The number of aryl methyl sites for hydroxylation is 1. The Morgan fingerprint density at radius 1 is 1.00 bits per heavy atom. The maximum Gasteiger partial charge on any atom is 0.408 e. The highest BCUT2D eigenvalue weighted by molar-refractivity contribution is 7.99. The van der Waals surface area contributed by atoms with E-state index in [1.54, 1.807) is 0 Å². The van der Waals surface area contributed by atoms with Gasteiger partial charge >= 0.3 is 12.1 Å². The molecule has 2 aromatic rings. The number of nitrogens with one attached hydrogen (secondary N) is 1. The maximum absolute atomic E-state index is 11.8. The lowest BCUT2D eigenvalue weighted by Gasteiger charge is -2.14. The number of carbonyl (C=O) groups is 2. The smallest absolute Gasteiger partial charge is 0.408 e. The molecule has 25 heavy (non-hydrogen) atoms. The van der Waals surface area contributed by atoms with E-state index in [4.69, 9.17) is 4.74 Å². The van der Waals surface area contributed by atoms with E-state index in [1.165, 1.54) is 17.3 Å². The fourth-order valence-electron chi connectivity index (χ4n) is 2.12. The van der Waals surface area contributed by atoms with Crippen molar-refractivity contribution in [2.24, 2.45) is 0 Å². The molecule has 1 amide bonds. The molecule has 0 saturated heterocycles. The quantitative estimate of drug-likeness (QED) is 0.672. The molecule has 5 nitrogen and oxygen atoms in total. The van der Waals surface area contributed by atoms with Crippen molar-refractivity contribution in [2.45, 2.75) is 19.1 Å². The number of carboxylic acid groups (broad SMARTS) is 1. The van der Waals surface area contributed by atoms with Crippen LogP contribution in [0.2, 0.25) is 0 Å². The summed E-state index contributed by atoms with van der Waals surface area (Å²) in [7, 11) is 0. The van der Waals surface area contributed by atoms with E-state index in [9.17, 15) is 14.7 Å². The third-order valence-corrected chi connectivity index (χ3v) is 4.53. The van der Waals surface area contributed by atoms with Gasteiger partial charge in [0.25, 0.3) is 0 Å². The first-order valence-electron chi connectivity index (χ1n) is 7.97. The molecule has 0 heterocycles. The second kappa shape index (κ2) is 10.4. The van der Waals surface area contributed by atoms with Crippen molar-refractivity contribution in [1.82, 2.24) is 5.32 Å². The van der Waals surface area contributed by atoms with Crippen molar-refractivity contribution in [3.05, 3.63) is 71.8 Å². The highest BCUT2D eigenvalue weighted by atomic mass is 32.2. The Balaban J connectivity index is 1.70. The predicted molar refractivity (Wildman–Crippen MR) is 98.7 cm³/mol. The van der Waals surface area contributed by atoms with Crippen molar-refractivity contribution in [2.75, 3.05) is 11.5 Å². The zero-order valence-corrected chi connectivity index (χ0v) is 14.6. The first kappa shape index (κ1) is 18.9. The standard InChI is InChI=1S/C19H21NO4S/c21-18(22)17(14-25-12-11-15-7-3-1-4-8-15)20-19(23)24-13-16-9-5-2-6-10-16/h1-10,17H,11-14H2,(H,20,23)(H,21,22). The van der Waals surface area contributed by atoms with Gasteiger partial charge in [-0.1, -0.05) is 60.7 Å². The van der Waals surface area contributed by atoms with Gasteiger partial charge in [0.1, 0.15) is 12.6 Å². The van der Waals surface area contributed by atoms with Gasteiger partial charge in [-0.05, 0) is 23.3 Å². The lowest BCUT2D eigenvalue weighted by molar-refractivity contribution is -0.138. The molecule has 0 bridgehead atoms. The molecule has 0 spiro atoms. The van der Waals surface area contributed by atoms with Gasteiger partial charge in [0.15, 0.2) is 0 Å². The van der Waals surface area contributed by atoms with Gasteiger partial charge in [-0.15, -0.1) is 0 Å². The minimum atomic E-state index is -1.07. The first-order valence-corrected chi connectivity index (χ1v) is 9.12. The number of hydrogen-bond acceptors (Lipinski definition) is 4. The van der Waals surface area contributed by atoms with Crippen LogP contribution in [-0.2, 0) is 22.6 Å². The number of aliphatic carboxylic acids is 1. The van der Waals surface area contributed by atoms with Crippen LogP contribution in [0.4, 0.5) is 4.79 Å². The van der Waals surface area contributed by atoms with Crippen LogP contribution in [0.15, 0.2) is 60.7 Å². The summed E-state index contributed by atoms with van der Waals surface area (Å²) in [4.78, 5) is 23.1. The van der Waals surface area contributed by atoms with Crippen LogP contribution < -0.4 is 5.32 Å². The number of carbonyl (C=O) groups excluding carboxylic acids is 1. The summed E-state index contributed by atoms with van der Waals surface area (Å²) in [6.45, 7) is 0.111. The highest BCUT2D eigenvalue weighted by Crippen LogP contribution is 2.09. The van der Waals surface area contributed by atoms with E-state index >= 15 is 0 Å². The summed E-state index contributed by atoms with van der Waals surface area (Å²) < 4.78 is 5.06. The van der Waals surface area contributed by atoms with E-state index in [0.29, 0.717) is 5.75 Å². The number of amides is 1. The fraction of sp³-hybridized carbons (Fsp3) is 0.263. The minimum Gasteiger partial charge on any atom is -0.480 e. The molecule has 0 aromatic heterocycles. The molecule has 2 N–H and O–H groups in total. The van der Waals surface area contributed by atoms with Crippen molar-refractivity contribution in [1.29, 1.82) is 0 Å². The second-order valence-electron chi connectivity index (χ2n) is 5.41. The third-order valence-electron chi connectivity index (χ3n) is 3.47. The van der Waals surface area contributed by atoms with Crippen LogP contribution in [-0.4, -0.2) is 34.7 Å². The maximum atomic E-state index is 11.8. The Morgan fingerprint density at radius 3 is 2.20 bits per heavy atom. The van der Waals surface area contributed by atoms with Crippen molar-refractivity contribution in [3.8, 4) is 0 Å². The van der Waals surface area contributed by atoms with E-state index < -0.39 is 18.1 Å². The Morgan fingerprint density at radius 2 is 1.60 bits per heavy atom. The summed E-state index contributed by atoms with van der Waals surface area (Å²) in [5.74, 6) is 0.0146. The number of rotatable bonds is 9. The molecule has 6 heteroatoms. The average molecular weight is 359 g/mol. The number of carboxylic acids is 1. The molecule has 0 radical (unpaired) electrons. The zero-order chi connectivity index (χ0) is 17.9. The monoisotopic (exact) mass is 359 g/mol. The van der Waals surface area contributed by atoms with Gasteiger partial charge in [-0.2, -0.15) is 11.8 Å². The molecule has 1 atom stereocenters. The van der Waals surface area contributed by atoms with Crippen LogP contribution in [0.1, 0.15) is 11.1 Å². The van der Waals surface area contributed by atoms with Crippen molar-refractivity contribution < 1.29 is 19.4 Å². The van der Waals surface area contributed by atoms with Gasteiger partial charge in [-0.25, -0.2) is 9.59 Å². The van der Waals surface area contributed by atoms with E-state index in [-0.39, 0.29) is 6.61 Å². The number of ether oxygens (including phenoxy) is 1. The summed E-state index contributed by atoms with van der Waals surface area (Å²) in [6.07, 6.45) is 0.135. The Hall–Kier alpha value is -2.47. The fourth-order valence-corrected chi connectivity index (χ4v) is 3.13. The Bertz CT molecular complexity index is 664. The molecule has 0 aliphatic rings.